The molecule has 1 aromatic carbocycles. The number of amides is 1. The van der Waals surface area contributed by atoms with Crippen molar-refractivity contribution in [2.75, 3.05) is 20.2 Å². The molecule has 4 nitrogen and oxygen atoms in total. The van der Waals surface area contributed by atoms with Crippen molar-refractivity contribution < 1.29 is 18.7 Å². The van der Waals surface area contributed by atoms with Gasteiger partial charge >= 0.3 is 5.97 Å². The van der Waals surface area contributed by atoms with Crippen LogP contribution in [0, 0.1) is 5.82 Å². The first-order chi connectivity index (χ1) is 8.52. The minimum Gasteiger partial charge on any atom is -0.465 e. The van der Waals surface area contributed by atoms with Crippen LogP contribution in [0.5, 0.6) is 0 Å². The van der Waals surface area contributed by atoms with Gasteiger partial charge in [0.25, 0.3) is 0 Å². The van der Waals surface area contributed by atoms with Crippen LogP contribution in [0.4, 0.5) is 4.39 Å². The Labute approximate surface area is 105 Å². The highest BCUT2D eigenvalue weighted by molar-refractivity contribution is 5.83. The molecule has 0 aliphatic carbocycles. The van der Waals surface area contributed by atoms with Crippen LogP contribution >= 0.6 is 0 Å². The standard InChI is InChI=1S/C13H16FNO3/c1-3-18-13(17)9-15(2)12(16)8-10-4-6-11(14)7-5-10/h4-7H,3,8-9H2,1-2H3. The first-order valence-corrected chi connectivity index (χ1v) is 5.67. The highest BCUT2D eigenvalue weighted by Gasteiger charge is 2.13. The second-order valence-corrected chi connectivity index (χ2v) is 3.86. The van der Waals surface area contributed by atoms with Crippen molar-refractivity contribution in [1.29, 1.82) is 0 Å². The number of nitrogens with zero attached hydrogens (tertiary/aromatic N) is 1. The Bertz CT molecular complexity index is 417. The summed E-state index contributed by atoms with van der Waals surface area (Å²) >= 11 is 0. The van der Waals surface area contributed by atoms with E-state index in [1.165, 1.54) is 24.1 Å². The number of carbonyl (C=O) groups excluding carboxylic acids is 2. The van der Waals surface area contributed by atoms with Gasteiger partial charge in [-0.1, -0.05) is 12.1 Å². The first-order valence-electron chi connectivity index (χ1n) is 5.67. The van der Waals surface area contributed by atoms with Crippen LogP contribution in [0.25, 0.3) is 0 Å². The van der Waals surface area contributed by atoms with Crippen LogP contribution in [0.2, 0.25) is 0 Å². The lowest BCUT2D eigenvalue weighted by Gasteiger charge is -2.16. The zero-order chi connectivity index (χ0) is 13.5. The molecule has 0 aromatic heterocycles. The van der Waals surface area contributed by atoms with Crippen LogP contribution in [0.1, 0.15) is 12.5 Å². The summed E-state index contributed by atoms with van der Waals surface area (Å²) in [5.74, 6) is -0.992. The van der Waals surface area contributed by atoms with Gasteiger partial charge in [-0.2, -0.15) is 0 Å². The van der Waals surface area contributed by atoms with Gasteiger partial charge in [-0.25, -0.2) is 4.39 Å². The Kier molecular flexibility index (Phi) is 5.30. The fraction of sp³-hybridized carbons (Fsp3) is 0.385. The Morgan fingerprint density at radius 1 is 1.28 bits per heavy atom. The normalized spacial score (nSPS) is 9.94. The molecule has 18 heavy (non-hydrogen) atoms. The van der Waals surface area contributed by atoms with Gasteiger partial charge in [0, 0.05) is 7.05 Å². The predicted molar refractivity (Wildman–Crippen MR) is 64.4 cm³/mol. The highest BCUT2D eigenvalue weighted by atomic mass is 19.1. The van der Waals surface area contributed by atoms with E-state index < -0.39 is 5.97 Å². The maximum Gasteiger partial charge on any atom is 0.325 e. The van der Waals surface area contributed by atoms with E-state index in [2.05, 4.69) is 0 Å². The van der Waals surface area contributed by atoms with Crippen molar-refractivity contribution in [1.82, 2.24) is 4.90 Å². The van der Waals surface area contributed by atoms with E-state index in [0.717, 1.165) is 0 Å². The molecule has 0 atom stereocenters. The molecule has 0 aliphatic rings. The highest BCUT2D eigenvalue weighted by Crippen LogP contribution is 2.05. The van der Waals surface area contributed by atoms with Gasteiger partial charge in [0.15, 0.2) is 0 Å². The number of benzene rings is 1. The Hall–Kier alpha value is -1.91. The molecule has 0 aliphatic heterocycles. The van der Waals surface area contributed by atoms with E-state index in [1.807, 2.05) is 0 Å². The summed E-state index contributed by atoms with van der Waals surface area (Å²) in [6, 6.07) is 5.69. The van der Waals surface area contributed by atoms with Gasteiger partial charge in [-0.15, -0.1) is 0 Å². The molecule has 0 fully saturated rings. The summed E-state index contributed by atoms with van der Waals surface area (Å²) in [5, 5.41) is 0. The summed E-state index contributed by atoms with van der Waals surface area (Å²) in [6.45, 7) is 1.92. The van der Waals surface area contributed by atoms with Crippen LogP contribution < -0.4 is 0 Å². The number of likely N-dealkylation sites (N-methyl/N-ethyl adjacent to an activating group) is 1. The maximum atomic E-state index is 12.7. The third kappa shape index (κ3) is 4.53. The zero-order valence-corrected chi connectivity index (χ0v) is 10.5. The molecule has 1 rings (SSSR count). The van der Waals surface area contributed by atoms with Gasteiger partial charge in [0.05, 0.1) is 13.0 Å². The van der Waals surface area contributed by atoms with E-state index in [-0.39, 0.29) is 24.7 Å². The van der Waals surface area contributed by atoms with E-state index in [1.54, 1.807) is 19.1 Å². The smallest absolute Gasteiger partial charge is 0.325 e. The second kappa shape index (κ2) is 6.74. The van der Waals surface area contributed by atoms with E-state index in [4.69, 9.17) is 4.74 Å². The van der Waals surface area contributed by atoms with Gasteiger partial charge in [0.1, 0.15) is 12.4 Å². The quantitative estimate of drug-likeness (QED) is 0.745. The number of halogens is 1. The van der Waals surface area contributed by atoms with E-state index >= 15 is 0 Å². The molecular formula is C13H16FNO3. The Balaban J connectivity index is 2.49. The fourth-order valence-electron chi connectivity index (χ4n) is 1.40. The summed E-state index contributed by atoms with van der Waals surface area (Å²) < 4.78 is 17.4. The van der Waals surface area contributed by atoms with Crippen molar-refractivity contribution in [2.45, 2.75) is 13.3 Å². The SMILES string of the molecule is CCOC(=O)CN(C)C(=O)Cc1ccc(F)cc1. The summed E-state index contributed by atoms with van der Waals surface area (Å²) in [7, 11) is 1.53. The van der Waals surface area contributed by atoms with Crippen molar-refractivity contribution >= 4 is 11.9 Å². The second-order valence-electron chi connectivity index (χ2n) is 3.86. The number of carbonyl (C=O) groups is 2. The molecule has 1 amide bonds. The van der Waals surface area contributed by atoms with Gasteiger partial charge in [0.2, 0.25) is 5.91 Å². The number of rotatable bonds is 5. The molecule has 0 bridgehead atoms. The third-order valence-electron chi connectivity index (χ3n) is 2.37. The molecule has 1 aromatic rings. The number of esters is 1. The molecule has 0 saturated carbocycles. The summed E-state index contributed by atoms with van der Waals surface area (Å²) in [4.78, 5) is 24.2. The lowest BCUT2D eigenvalue weighted by atomic mass is 10.1. The molecule has 0 heterocycles. The molecular weight excluding hydrogens is 237 g/mol. The molecule has 98 valence electrons. The van der Waals surface area contributed by atoms with Crippen LogP contribution in [-0.2, 0) is 20.7 Å². The molecule has 0 saturated heterocycles. The van der Waals surface area contributed by atoms with Crippen LogP contribution in [0.3, 0.4) is 0 Å². The van der Waals surface area contributed by atoms with Gasteiger partial charge < -0.3 is 9.64 Å². The first kappa shape index (κ1) is 14.2. The van der Waals surface area contributed by atoms with Crippen LogP contribution in [-0.4, -0.2) is 37.0 Å². The van der Waals surface area contributed by atoms with E-state index in [9.17, 15) is 14.0 Å². The maximum absolute atomic E-state index is 12.7. The monoisotopic (exact) mass is 253 g/mol. The van der Waals surface area contributed by atoms with Gasteiger partial charge in [-0.3, -0.25) is 9.59 Å². The number of hydrogen-bond acceptors (Lipinski definition) is 3. The minimum atomic E-state index is -0.438. The van der Waals surface area contributed by atoms with Crippen LogP contribution in [0.15, 0.2) is 24.3 Å². The van der Waals surface area contributed by atoms with Crippen molar-refractivity contribution in [3.63, 3.8) is 0 Å². The zero-order valence-electron chi connectivity index (χ0n) is 10.5. The topological polar surface area (TPSA) is 46.6 Å². The van der Waals surface area contributed by atoms with Gasteiger partial charge in [-0.05, 0) is 24.6 Å². The molecule has 5 heteroatoms. The molecule has 0 spiro atoms. The summed E-state index contributed by atoms with van der Waals surface area (Å²) in [5.41, 5.74) is 0.706. The third-order valence-corrected chi connectivity index (χ3v) is 2.37. The minimum absolute atomic E-state index is 0.0755. The van der Waals surface area contributed by atoms with E-state index in [0.29, 0.717) is 12.2 Å². The largest absolute Gasteiger partial charge is 0.465 e. The van der Waals surface area contributed by atoms with Crippen molar-refractivity contribution in [3.05, 3.63) is 35.6 Å². The number of hydrogen-bond donors (Lipinski definition) is 0. The Morgan fingerprint density at radius 3 is 2.44 bits per heavy atom. The predicted octanol–water partition coefficient (Wildman–Crippen LogP) is 1.39. The summed E-state index contributed by atoms with van der Waals surface area (Å²) in [6.07, 6.45) is 0.135. The van der Waals surface area contributed by atoms with Crippen molar-refractivity contribution in [2.24, 2.45) is 0 Å². The molecule has 0 unspecified atom stereocenters. The average molecular weight is 253 g/mol. The number of ether oxygens (including phenoxy) is 1. The van der Waals surface area contributed by atoms with Crippen molar-refractivity contribution in [3.8, 4) is 0 Å². The lowest BCUT2D eigenvalue weighted by Crippen LogP contribution is -2.34. The lowest BCUT2D eigenvalue weighted by molar-refractivity contribution is -0.147. The molecule has 0 radical (unpaired) electrons. The fourth-order valence-corrected chi connectivity index (χ4v) is 1.40. The Morgan fingerprint density at radius 2 is 1.89 bits per heavy atom. The average Bonchev–Trinajstić information content (AvgIpc) is 2.32. The molecule has 0 N–H and O–H groups in total.